The number of aliphatic hydroxyl groups excluding tert-OH is 1. The van der Waals surface area contributed by atoms with Crippen LogP contribution in [-0.2, 0) is 0 Å². The first-order chi connectivity index (χ1) is 9.47. The van der Waals surface area contributed by atoms with E-state index in [0.717, 1.165) is 5.56 Å². The van der Waals surface area contributed by atoms with Crippen molar-refractivity contribution in [2.24, 2.45) is 0 Å². The van der Waals surface area contributed by atoms with Gasteiger partial charge < -0.3 is 15.6 Å². The molecule has 0 saturated carbocycles. The van der Waals surface area contributed by atoms with Crippen LogP contribution in [-0.4, -0.2) is 11.7 Å². The summed E-state index contributed by atoms with van der Waals surface area (Å²) in [6.45, 7) is 2.04. The molecule has 0 bridgehead atoms. The van der Waals surface area contributed by atoms with Crippen molar-refractivity contribution in [3.05, 3.63) is 57.6 Å². The Kier molecular flexibility index (Phi) is 4.76. The van der Waals surface area contributed by atoms with Crippen molar-refractivity contribution >= 4 is 28.9 Å². The molecule has 0 fully saturated rings. The van der Waals surface area contributed by atoms with Gasteiger partial charge in [0.15, 0.2) is 0 Å². The predicted octanol–water partition coefficient (Wildman–Crippen LogP) is 4.00. The molecule has 2 rings (SSSR count). The number of benzene rings is 2. The molecular formula is C15H15Cl2NO2. The molecule has 20 heavy (non-hydrogen) atoms. The van der Waals surface area contributed by atoms with E-state index in [2.05, 4.69) is 0 Å². The van der Waals surface area contributed by atoms with Gasteiger partial charge in [0.05, 0.1) is 15.7 Å². The molecule has 1 unspecified atom stereocenters. The second kappa shape index (κ2) is 6.35. The van der Waals surface area contributed by atoms with Gasteiger partial charge in [0, 0.05) is 0 Å². The first-order valence-corrected chi connectivity index (χ1v) is 6.85. The van der Waals surface area contributed by atoms with E-state index >= 15 is 0 Å². The average Bonchev–Trinajstić information content (AvgIpc) is 2.40. The molecule has 3 N–H and O–H groups in total. The number of nitrogens with two attached hydrogens (primary N) is 1. The largest absolute Gasteiger partial charge is 0.488 e. The van der Waals surface area contributed by atoms with Crippen LogP contribution in [0.3, 0.4) is 0 Å². The Hall–Kier alpha value is -1.42. The van der Waals surface area contributed by atoms with Crippen LogP contribution in [0.25, 0.3) is 0 Å². The SMILES string of the molecule is Cc1ccc(OCC(O)c2ccc(Cl)c(Cl)c2)c(N)c1. The lowest BCUT2D eigenvalue weighted by Gasteiger charge is -2.14. The summed E-state index contributed by atoms with van der Waals surface area (Å²) in [4.78, 5) is 0. The lowest BCUT2D eigenvalue weighted by atomic mass is 10.1. The van der Waals surface area contributed by atoms with Crippen molar-refractivity contribution in [3.63, 3.8) is 0 Å². The van der Waals surface area contributed by atoms with Crippen LogP contribution in [0.1, 0.15) is 17.2 Å². The van der Waals surface area contributed by atoms with E-state index in [-0.39, 0.29) is 6.61 Å². The van der Waals surface area contributed by atoms with E-state index in [9.17, 15) is 5.11 Å². The Bertz CT molecular complexity index is 617. The van der Waals surface area contributed by atoms with Crippen LogP contribution in [0, 0.1) is 6.92 Å². The summed E-state index contributed by atoms with van der Waals surface area (Å²) in [6.07, 6.45) is -0.800. The monoisotopic (exact) mass is 311 g/mol. The topological polar surface area (TPSA) is 55.5 Å². The summed E-state index contributed by atoms with van der Waals surface area (Å²) in [5.41, 5.74) is 8.09. The average molecular weight is 312 g/mol. The van der Waals surface area contributed by atoms with Crippen LogP contribution >= 0.6 is 23.2 Å². The van der Waals surface area contributed by atoms with Crippen LogP contribution in [0.4, 0.5) is 5.69 Å². The predicted molar refractivity (Wildman–Crippen MR) is 82.5 cm³/mol. The second-order valence-electron chi connectivity index (χ2n) is 4.54. The zero-order valence-corrected chi connectivity index (χ0v) is 12.4. The zero-order chi connectivity index (χ0) is 14.7. The van der Waals surface area contributed by atoms with Gasteiger partial charge in [0.2, 0.25) is 0 Å². The number of aryl methyl sites for hydroxylation is 1. The van der Waals surface area contributed by atoms with E-state index in [1.807, 2.05) is 19.1 Å². The van der Waals surface area contributed by atoms with Gasteiger partial charge in [-0.05, 0) is 42.3 Å². The number of aliphatic hydroxyl groups is 1. The van der Waals surface area contributed by atoms with Crippen LogP contribution in [0.15, 0.2) is 36.4 Å². The molecule has 106 valence electrons. The molecule has 0 aliphatic carbocycles. The molecule has 3 nitrogen and oxygen atoms in total. The maximum absolute atomic E-state index is 10.1. The molecular weight excluding hydrogens is 297 g/mol. The van der Waals surface area contributed by atoms with Crippen molar-refractivity contribution < 1.29 is 9.84 Å². The van der Waals surface area contributed by atoms with E-state index in [0.29, 0.717) is 27.0 Å². The van der Waals surface area contributed by atoms with Crippen LogP contribution < -0.4 is 10.5 Å². The highest BCUT2D eigenvalue weighted by Gasteiger charge is 2.11. The molecule has 0 heterocycles. The van der Waals surface area contributed by atoms with E-state index in [1.54, 1.807) is 24.3 Å². The van der Waals surface area contributed by atoms with Crippen molar-refractivity contribution in [2.75, 3.05) is 12.3 Å². The van der Waals surface area contributed by atoms with Gasteiger partial charge in [-0.2, -0.15) is 0 Å². The van der Waals surface area contributed by atoms with Crippen LogP contribution in [0.2, 0.25) is 10.0 Å². The standard InChI is InChI=1S/C15H15Cl2NO2/c1-9-2-5-15(13(18)6-9)20-8-14(19)10-3-4-11(16)12(17)7-10/h2-7,14,19H,8,18H2,1H3. The first-order valence-electron chi connectivity index (χ1n) is 6.09. The Morgan fingerprint density at radius 2 is 1.90 bits per heavy atom. The quantitative estimate of drug-likeness (QED) is 0.839. The fraction of sp³-hybridized carbons (Fsp3) is 0.200. The number of halogens is 2. The second-order valence-corrected chi connectivity index (χ2v) is 5.36. The number of nitrogen functional groups attached to an aromatic ring is 1. The summed E-state index contributed by atoms with van der Waals surface area (Å²) in [7, 11) is 0. The van der Waals surface area contributed by atoms with Gasteiger partial charge in [-0.25, -0.2) is 0 Å². The number of ether oxygens (including phenoxy) is 1. The minimum Gasteiger partial charge on any atom is -0.488 e. The number of hydrogen-bond acceptors (Lipinski definition) is 3. The summed E-state index contributed by atoms with van der Waals surface area (Å²) >= 11 is 11.7. The van der Waals surface area contributed by atoms with E-state index in [4.69, 9.17) is 33.7 Å². The third-order valence-electron chi connectivity index (χ3n) is 2.89. The molecule has 0 aliphatic heterocycles. The molecule has 0 aromatic heterocycles. The fourth-order valence-corrected chi connectivity index (χ4v) is 2.09. The summed E-state index contributed by atoms with van der Waals surface area (Å²) in [5, 5.41) is 10.9. The molecule has 5 heteroatoms. The third-order valence-corrected chi connectivity index (χ3v) is 3.63. The molecule has 0 aliphatic rings. The molecule has 0 radical (unpaired) electrons. The summed E-state index contributed by atoms with van der Waals surface area (Å²) in [5.74, 6) is 0.551. The Labute approximate surface area is 127 Å². The van der Waals surface area contributed by atoms with Crippen molar-refractivity contribution in [2.45, 2.75) is 13.0 Å². The molecule has 2 aromatic rings. The van der Waals surface area contributed by atoms with E-state index in [1.165, 1.54) is 0 Å². The number of hydrogen-bond donors (Lipinski definition) is 2. The van der Waals surface area contributed by atoms with Crippen molar-refractivity contribution in [1.82, 2.24) is 0 Å². The molecule has 2 aromatic carbocycles. The van der Waals surface area contributed by atoms with E-state index < -0.39 is 6.10 Å². The highest BCUT2D eigenvalue weighted by Crippen LogP contribution is 2.27. The Morgan fingerprint density at radius 1 is 1.15 bits per heavy atom. The van der Waals surface area contributed by atoms with Crippen molar-refractivity contribution in [3.8, 4) is 5.75 Å². The van der Waals surface area contributed by atoms with Gasteiger partial charge in [-0.1, -0.05) is 35.3 Å². The van der Waals surface area contributed by atoms with Gasteiger partial charge in [0.25, 0.3) is 0 Å². The first kappa shape index (κ1) is 15.0. The van der Waals surface area contributed by atoms with Gasteiger partial charge >= 0.3 is 0 Å². The Morgan fingerprint density at radius 3 is 2.55 bits per heavy atom. The molecule has 0 saturated heterocycles. The summed E-state index contributed by atoms with van der Waals surface area (Å²) < 4.78 is 5.53. The summed E-state index contributed by atoms with van der Waals surface area (Å²) in [6, 6.07) is 10.5. The molecule has 0 amide bonds. The minimum absolute atomic E-state index is 0.0885. The van der Waals surface area contributed by atoms with Crippen LogP contribution in [0.5, 0.6) is 5.75 Å². The molecule has 0 spiro atoms. The highest BCUT2D eigenvalue weighted by atomic mass is 35.5. The van der Waals surface area contributed by atoms with Crippen molar-refractivity contribution in [1.29, 1.82) is 0 Å². The lowest BCUT2D eigenvalue weighted by molar-refractivity contribution is 0.108. The highest BCUT2D eigenvalue weighted by molar-refractivity contribution is 6.42. The van der Waals surface area contributed by atoms with Gasteiger partial charge in [-0.15, -0.1) is 0 Å². The number of anilines is 1. The smallest absolute Gasteiger partial charge is 0.142 e. The number of rotatable bonds is 4. The zero-order valence-electron chi connectivity index (χ0n) is 10.9. The third kappa shape index (κ3) is 3.57. The fourth-order valence-electron chi connectivity index (χ4n) is 1.78. The van der Waals surface area contributed by atoms with Gasteiger partial charge in [-0.3, -0.25) is 0 Å². The maximum Gasteiger partial charge on any atom is 0.142 e. The minimum atomic E-state index is -0.800. The molecule has 1 atom stereocenters. The Balaban J connectivity index is 2.04. The van der Waals surface area contributed by atoms with Gasteiger partial charge in [0.1, 0.15) is 18.5 Å². The lowest BCUT2D eigenvalue weighted by Crippen LogP contribution is -2.10. The maximum atomic E-state index is 10.1. The normalized spacial score (nSPS) is 12.2.